The number of oxime groups is 1. The van der Waals surface area contributed by atoms with Crippen LogP contribution in [0.15, 0.2) is 66.3 Å². The van der Waals surface area contributed by atoms with E-state index in [1.54, 1.807) is 6.07 Å². The highest BCUT2D eigenvalue weighted by Crippen LogP contribution is 2.45. The molecule has 3 aliphatic carbocycles. The van der Waals surface area contributed by atoms with E-state index in [1.165, 1.54) is 23.1 Å². The Morgan fingerprint density at radius 3 is 2.61 bits per heavy atom. The zero-order chi connectivity index (χ0) is 31.1. The molecular formula is C32H35FN4O6S. The first kappa shape index (κ1) is 30.0. The number of hydrogen-bond donors (Lipinski definition) is 2. The first-order valence-electron chi connectivity index (χ1n) is 14.9. The maximum Gasteiger partial charge on any atom is 0.259 e. The molecule has 1 saturated heterocycles. The van der Waals surface area contributed by atoms with Gasteiger partial charge in [-0.3, -0.25) is 19.1 Å². The van der Waals surface area contributed by atoms with E-state index in [2.05, 4.69) is 21.8 Å². The lowest BCUT2D eigenvalue weighted by molar-refractivity contribution is -0.139. The summed E-state index contributed by atoms with van der Waals surface area (Å²) in [4.78, 5) is 47.9. The monoisotopic (exact) mass is 622 g/mol. The van der Waals surface area contributed by atoms with Crippen molar-refractivity contribution in [1.82, 2.24) is 14.9 Å². The van der Waals surface area contributed by atoms with Gasteiger partial charge in [-0.15, -0.1) is 6.58 Å². The smallest absolute Gasteiger partial charge is 0.259 e. The normalized spacial score (nSPS) is 26.9. The summed E-state index contributed by atoms with van der Waals surface area (Å²) < 4.78 is 41.1. The Balaban J connectivity index is 1.21. The number of carbonyl (C=O) groups excluding carboxylic acids is 3. The molecule has 12 heteroatoms. The third-order valence-electron chi connectivity index (χ3n) is 8.89. The quantitative estimate of drug-likeness (QED) is 0.309. The lowest BCUT2D eigenvalue weighted by atomic mass is 9.90. The molecule has 2 aromatic carbocycles. The molecule has 232 valence electrons. The summed E-state index contributed by atoms with van der Waals surface area (Å²) in [7, 11) is -3.83. The van der Waals surface area contributed by atoms with Crippen LogP contribution in [0.4, 0.5) is 4.39 Å². The van der Waals surface area contributed by atoms with Crippen molar-refractivity contribution in [2.75, 3.05) is 6.54 Å². The highest BCUT2D eigenvalue weighted by atomic mass is 32.2. The number of benzene rings is 2. The molecule has 3 amide bonds. The van der Waals surface area contributed by atoms with E-state index in [1.807, 2.05) is 30.3 Å². The van der Waals surface area contributed by atoms with E-state index in [0.29, 0.717) is 30.5 Å². The Morgan fingerprint density at radius 1 is 1.14 bits per heavy atom. The predicted molar refractivity (Wildman–Crippen MR) is 160 cm³/mol. The lowest BCUT2D eigenvalue weighted by Crippen LogP contribution is -2.56. The first-order chi connectivity index (χ1) is 21.1. The van der Waals surface area contributed by atoms with Gasteiger partial charge >= 0.3 is 0 Å². The third-order valence-corrected chi connectivity index (χ3v) is 10.7. The zero-order valence-corrected chi connectivity index (χ0v) is 25.0. The van der Waals surface area contributed by atoms with Crippen molar-refractivity contribution < 1.29 is 32.0 Å². The molecule has 4 aliphatic rings. The van der Waals surface area contributed by atoms with Crippen LogP contribution >= 0.6 is 0 Å². The van der Waals surface area contributed by atoms with Gasteiger partial charge < -0.3 is 15.1 Å². The number of amides is 3. The van der Waals surface area contributed by atoms with Crippen LogP contribution in [0.3, 0.4) is 0 Å². The number of carbonyl (C=O) groups is 3. The van der Waals surface area contributed by atoms with E-state index >= 15 is 0 Å². The minimum atomic E-state index is -3.83. The molecule has 1 aliphatic heterocycles. The van der Waals surface area contributed by atoms with Crippen molar-refractivity contribution in [3.63, 3.8) is 0 Å². The molecule has 0 spiro atoms. The van der Waals surface area contributed by atoms with E-state index in [4.69, 9.17) is 4.84 Å². The van der Waals surface area contributed by atoms with Crippen LogP contribution in [0.2, 0.25) is 0 Å². The largest absolute Gasteiger partial charge is 0.390 e. The van der Waals surface area contributed by atoms with Crippen LogP contribution in [0.1, 0.15) is 55.2 Å². The average molecular weight is 623 g/mol. The van der Waals surface area contributed by atoms with E-state index in [-0.39, 0.29) is 37.5 Å². The topological polar surface area (TPSA) is 134 Å². The van der Waals surface area contributed by atoms with Crippen LogP contribution in [-0.2, 0) is 42.1 Å². The van der Waals surface area contributed by atoms with E-state index in [0.717, 1.165) is 24.0 Å². The van der Waals surface area contributed by atoms with Gasteiger partial charge in [-0.25, -0.2) is 12.8 Å². The van der Waals surface area contributed by atoms with Gasteiger partial charge in [0.25, 0.3) is 5.91 Å². The van der Waals surface area contributed by atoms with Gasteiger partial charge in [-0.1, -0.05) is 47.6 Å². The van der Waals surface area contributed by atoms with Crippen molar-refractivity contribution in [2.45, 2.75) is 74.3 Å². The highest BCUT2D eigenvalue weighted by molar-refractivity contribution is 7.91. The van der Waals surface area contributed by atoms with Crippen molar-refractivity contribution in [3.05, 3.63) is 83.7 Å². The summed E-state index contributed by atoms with van der Waals surface area (Å²) in [6.07, 6.45) is 4.47. The summed E-state index contributed by atoms with van der Waals surface area (Å²) in [5, 5.41) is 6.53. The fraction of sp³-hybridized carbons (Fsp3) is 0.438. The van der Waals surface area contributed by atoms with Gasteiger partial charge in [0.15, 0.2) is 0 Å². The minimum absolute atomic E-state index is 0.0546. The molecule has 3 fully saturated rings. The number of halogens is 1. The standard InChI is InChI=1S/C32H35FN4O6S/c1-2-22-18-32(22,31(40)36-44(41,42)25-13-14-25)34-30(39)28-17-24(19-37(28)29(38)15-20-7-4-3-5-8-20)43-35-27-10-6-9-21-11-12-23(33)16-26(21)27/h2-5,7-8,11-12,16,22,24-25,28H,1,6,9-10,13-15,17-19H2,(H,34,39)(H,36,40)/b35-27+/t22-,24?,28?,32+/m1/s1. The van der Waals surface area contributed by atoms with Crippen LogP contribution in [0.5, 0.6) is 0 Å². The molecule has 2 unspecified atom stereocenters. The molecule has 0 bridgehead atoms. The molecule has 0 radical (unpaired) electrons. The lowest BCUT2D eigenvalue weighted by Gasteiger charge is -2.26. The number of rotatable bonds is 10. The molecule has 4 atom stereocenters. The van der Waals surface area contributed by atoms with Gasteiger partial charge in [0, 0.05) is 17.9 Å². The van der Waals surface area contributed by atoms with Gasteiger partial charge in [0.05, 0.1) is 23.9 Å². The number of nitrogens with zero attached hydrogens (tertiary/aromatic N) is 2. The molecule has 6 rings (SSSR count). The maximum absolute atomic E-state index is 14.0. The number of fused-ring (bicyclic) bond motifs is 1. The van der Waals surface area contributed by atoms with Crippen LogP contribution < -0.4 is 10.0 Å². The second-order valence-corrected chi connectivity index (χ2v) is 14.0. The summed E-state index contributed by atoms with van der Waals surface area (Å²) in [6.45, 7) is 3.82. The maximum atomic E-state index is 14.0. The number of likely N-dealkylation sites (tertiary alicyclic amines) is 1. The van der Waals surface area contributed by atoms with Crippen LogP contribution in [-0.4, -0.2) is 66.2 Å². The summed E-state index contributed by atoms with van der Waals surface area (Å²) in [5.74, 6) is -2.51. The molecule has 2 saturated carbocycles. The van der Waals surface area contributed by atoms with Crippen molar-refractivity contribution in [1.29, 1.82) is 0 Å². The minimum Gasteiger partial charge on any atom is -0.390 e. The second-order valence-electron chi connectivity index (χ2n) is 12.1. The van der Waals surface area contributed by atoms with E-state index in [9.17, 15) is 27.2 Å². The SMILES string of the molecule is C=C[C@@H]1C[C@@]1(NC(=O)C1CC(O/N=C2\CCCc3ccc(F)cc32)CN1C(=O)Cc1ccccc1)C(=O)NS(=O)(=O)C1CC1. The average Bonchev–Trinajstić information content (AvgIpc) is 3.93. The zero-order valence-electron chi connectivity index (χ0n) is 24.2. The number of aryl methyl sites for hydroxylation is 1. The summed E-state index contributed by atoms with van der Waals surface area (Å²) in [5.41, 5.74) is 1.59. The fourth-order valence-electron chi connectivity index (χ4n) is 6.14. The Kier molecular flexibility index (Phi) is 8.04. The Hall–Kier alpha value is -4.06. The van der Waals surface area contributed by atoms with Gasteiger partial charge in [0.1, 0.15) is 23.5 Å². The molecule has 0 aromatic heterocycles. The Morgan fingerprint density at radius 2 is 1.91 bits per heavy atom. The molecular weight excluding hydrogens is 587 g/mol. The Labute approximate surface area is 255 Å². The summed E-state index contributed by atoms with van der Waals surface area (Å²) in [6, 6.07) is 12.8. The first-order valence-corrected chi connectivity index (χ1v) is 16.5. The third kappa shape index (κ3) is 6.12. The molecule has 10 nitrogen and oxygen atoms in total. The fourth-order valence-corrected chi connectivity index (χ4v) is 7.50. The van der Waals surface area contributed by atoms with E-state index < -0.39 is 50.7 Å². The van der Waals surface area contributed by atoms with Gasteiger partial charge in [-0.2, -0.15) is 0 Å². The van der Waals surface area contributed by atoms with Crippen molar-refractivity contribution >= 4 is 33.5 Å². The highest BCUT2D eigenvalue weighted by Gasteiger charge is 2.61. The molecule has 2 aromatic rings. The number of hydrogen-bond acceptors (Lipinski definition) is 7. The Bertz CT molecular complexity index is 1630. The van der Waals surface area contributed by atoms with Crippen molar-refractivity contribution in [3.8, 4) is 0 Å². The number of sulfonamides is 1. The van der Waals surface area contributed by atoms with Crippen molar-refractivity contribution in [2.24, 2.45) is 11.1 Å². The van der Waals surface area contributed by atoms with Gasteiger partial charge in [-0.05, 0) is 61.8 Å². The molecule has 1 heterocycles. The molecule has 2 N–H and O–H groups in total. The van der Waals surface area contributed by atoms with Crippen LogP contribution in [0.25, 0.3) is 0 Å². The van der Waals surface area contributed by atoms with Gasteiger partial charge in [0.2, 0.25) is 21.8 Å². The summed E-state index contributed by atoms with van der Waals surface area (Å²) >= 11 is 0. The second kappa shape index (κ2) is 11.8. The van der Waals surface area contributed by atoms with Crippen LogP contribution in [0, 0.1) is 11.7 Å². The molecule has 44 heavy (non-hydrogen) atoms. The number of nitrogens with one attached hydrogen (secondary N) is 2. The predicted octanol–water partition coefficient (Wildman–Crippen LogP) is 2.76.